The Morgan fingerprint density at radius 1 is 1.00 bits per heavy atom. The fraction of sp³-hybridized carbons (Fsp3) is 0.600. The van der Waals surface area contributed by atoms with E-state index in [1.807, 2.05) is 0 Å². The Labute approximate surface area is 106 Å². The molecule has 0 aliphatic carbocycles. The van der Waals surface area contributed by atoms with E-state index in [-0.39, 0.29) is 0 Å². The molecule has 0 aliphatic heterocycles. The molecule has 0 saturated heterocycles. The van der Waals surface area contributed by atoms with Crippen LogP contribution in [0.25, 0.3) is 0 Å². The van der Waals surface area contributed by atoms with Gasteiger partial charge < -0.3 is 10.6 Å². The molecule has 17 heavy (non-hydrogen) atoms. The Bertz CT molecular complexity index is 325. The summed E-state index contributed by atoms with van der Waals surface area (Å²) in [6.07, 6.45) is 0. The summed E-state index contributed by atoms with van der Waals surface area (Å²) in [5.41, 5.74) is 4.19. The Balaban J connectivity index is 2.44. The van der Waals surface area contributed by atoms with Crippen molar-refractivity contribution in [2.45, 2.75) is 53.2 Å². The number of nitrogens with one attached hydrogen (secondary N) is 2. The third kappa shape index (κ3) is 4.88. The van der Waals surface area contributed by atoms with E-state index in [0.29, 0.717) is 12.1 Å². The summed E-state index contributed by atoms with van der Waals surface area (Å²) < 4.78 is 0. The fourth-order valence-corrected chi connectivity index (χ4v) is 1.89. The minimum atomic E-state index is 0.497. The molecule has 0 spiro atoms. The highest BCUT2D eigenvalue weighted by molar-refractivity contribution is 5.33. The van der Waals surface area contributed by atoms with E-state index in [0.717, 1.165) is 13.1 Å². The highest BCUT2D eigenvalue weighted by Crippen LogP contribution is 2.12. The molecule has 1 unspecified atom stereocenters. The molecule has 0 heterocycles. The normalized spacial score (nSPS) is 13.1. The van der Waals surface area contributed by atoms with Crippen molar-refractivity contribution in [3.8, 4) is 0 Å². The first-order chi connectivity index (χ1) is 8.00. The summed E-state index contributed by atoms with van der Waals surface area (Å²) in [5, 5.41) is 7.02. The molecule has 1 aromatic rings. The molecule has 0 fully saturated rings. The van der Waals surface area contributed by atoms with Gasteiger partial charge in [0.2, 0.25) is 0 Å². The molecule has 0 saturated carbocycles. The summed E-state index contributed by atoms with van der Waals surface area (Å²) in [6, 6.07) is 7.54. The zero-order valence-corrected chi connectivity index (χ0v) is 11.8. The average molecular weight is 234 g/mol. The first kappa shape index (κ1) is 14.2. The molecule has 0 aliphatic rings. The molecular formula is C15H26N2. The van der Waals surface area contributed by atoms with E-state index in [2.05, 4.69) is 63.5 Å². The quantitative estimate of drug-likeness (QED) is 0.791. The van der Waals surface area contributed by atoms with Gasteiger partial charge in [0.25, 0.3) is 0 Å². The van der Waals surface area contributed by atoms with Crippen molar-refractivity contribution >= 4 is 0 Å². The molecule has 2 heteroatoms. The first-order valence-corrected chi connectivity index (χ1v) is 6.52. The van der Waals surface area contributed by atoms with Crippen LogP contribution in [0.15, 0.2) is 18.2 Å². The molecule has 0 aromatic heterocycles. The fourth-order valence-electron chi connectivity index (χ4n) is 1.89. The van der Waals surface area contributed by atoms with E-state index in [9.17, 15) is 0 Å². The highest BCUT2D eigenvalue weighted by Gasteiger charge is 2.05. The van der Waals surface area contributed by atoms with Gasteiger partial charge in [0.15, 0.2) is 0 Å². The van der Waals surface area contributed by atoms with Crippen LogP contribution in [-0.4, -0.2) is 18.6 Å². The smallest absolute Gasteiger partial charge is 0.0213 e. The monoisotopic (exact) mass is 234 g/mol. The summed E-state index contributed by atoms with van der Waals surface area (Å²) in [4.78, 5) is 0. The van der Waals surface area contributed by atoms with Gasteiger partial charge in [-0.2, -0.15) is 0 Å². The number of hydrogen-bond acceptors (Lipinski definition) is 2. The maximum Gasteiger partial charge on any atom is 0.0213 e. The van der Waals surface area contributed by atoms with Crippen molar-refractivity contribution in [1.29, 1.82) is 0 Å². The molecule has 96 valence electrons. The van der Waals surface area contributed by atoms with Gasteiger partial charge in [0.05, 0.1) is 0 Å². The van der Waals surface area contributed by atoms with Crippen LogP contribution in [0.4, 0.5) is 0 Å². The van der Waals surface area contributed by atoms with E-state index < -0.39 is 0 Å². The third-order valence-electron chi connectivity index (χ3n) is 3.10. The lowest BCUT2D eigenvalue weighted by Crippen LogP contribution is -2.38. The zero-order valence-electron chi connectivity index (χ0n) is 11.8. The number of aryl methyl sites for hydroxylation is 2. The second kappa shape index (κ2) is 6.77. The third-order valence-corrected chi connectivity index (χ3v) is 3.10. The summed E-state index contributed by atoms with van der Waals surface area (Å²) >= 11 is 0. The molecule has 0 amide bonds. The zero-order chi connectivity index (χ0) is 12.8. The molecule has 1 rings (SSSR count). The molecule has 0 bridgehead atoms. The van der Waals surface area contributed by atoms with Gasteiger partial charge in [0, 0.05) is 25.2 Å². The lowest BCUT2D eigenvalue weighted by atomic mass is 10.0. The minimum absolute atomic E-state index is 0.497. The molecular weight excluding hydrogens is 208 g/mol. The Kier molecular flexibility index (Phi) is 5.66. The summed E-state index contributed by atoms with van der Waals surface area (Å²) in [7, 11) is 0. The second-order valence-corrected chi connectivity index (χ2v) is 5.22. The van der Waals surface area contributed by atoms with E-state index in [1.165, 1.54) is 16.7 Å². The predicted molar refractivity (Wildman–Crippen MR) is 75.4 cm³/mol. The van der Waals surface area contributed by atoms with Gasteiger partial charge in [-0.15, -0.1) is 0 Å². The van der Waals surface area contributed by atoms with Crippen molar-refractivity contribution in [1.82, 2.24) is 10.6 Å². The SMILES string of the molecule is Cc1cccc(C)c1CNC(C)CNC(C)C. The van der Waals surface area contributed by atoms with Gasteiger partial charge in [-0.05, 0) is 37.5 Å². The average Bonchev–Trinajstić information content (AvgIpc) is 2.25. The van der Waals surface area contributed by atoms with Crippen LogP contribution in [0.3, 0.4) is 0 Å². The molecule has 1 atom stereocenters. The largest absolute Gasteiger partial charge is 0.313 e. The Morgan fingerprint density at radius 3 is 2.12 bits per heavy atom. The number of hydrogen-bond donors (Lipinski definition) is 2. The number of benzene rings is 1. The van der Waals surface area contributed by atoms with Crippen molar-refractivity contribution in [2.24, 2.45) is 0 Å². The maximum absolute atomic E-state index is 3.57. The van der Waals surface area contributed by atoms with E-state index in [1.54, 1.807) is 0 Å². The van der Waals surface area contributed by atoms with Crippen molar-refractivity contribution in [3.05, 3.63) is 34.9 Å². The van der Waals surface area contributed by atoms with Crippen LogP contribution in [0.5, 0.6) is 0 Å². The molecule has 0 radical (unpaired) electrons. The number of rotatable bonds is 6. The van der Waals surface area contributed by atoms with Gasteiger partial charge in [-0.25, -0.2) is 0 Å². The van der Waals surface area contributed by atoms with Crippen LogP contribution in [0.2, 0.25) is 0 Å². The Hall–Kier alpha value is -0.860. The van der Waals surface area contributed by atoms with Crippen LogP contribution in [0, 0.1) is 13.8 Å². The van der Waals surface area contributed by atoms with Crippen molar-refractivity contribution in [3.63, 3.8) is 0 Å². The maximum atomic E-state index is 3.57. The summed E-state index contributed by atoms with van der Waals surface area (Å²) in [5.74, 6) is 0. The first-order valence-electron chi connectivity index (χ1n) is 6.52. The lowest BCUT2D eigenvalue weighted by Gasteiger charge is -2.18. The molecule has 1 aromatic carbocycles. The highest BCUT2D eigenvalue weighted by atomic mass is 15.0. The van der Waals surface area contributed by atoms with Crippen LogP contribution in [-0.2, 0) is 6.54 Å². The van der Waals surface area contributed by atoms with Crippen LogP contribution >= 0.6 is 0 Å². The second-order valence-electron chi connectivity index (χ2n) is 5.22. The topological polar surface area (TPSA) is 24.1 Å². The minimum Gasteiger partial charge on any atom is -0.313 e. The van der Waals surface area contributed by atoms with Crippen LogP contribution in [0.1, 0.15) is 37.5 Å². The lowest BCUT2D eigenvalue weighted by molar-refractivity contribution is 0.473. The molecule has 2 nitrogen and oxygen atoms in total. The van der Waals surface area contributed by atoms with E-state index >= 15 is 0 Å². The molecule has 2 N–H and O–H groups in total. The van der Waals surface area contributed by atoms with Gasteiger partial charge >= 0.3 is 0 Å². The Morgan fingerprint density at radius 2 is 1.59 bits per heavy atom. The van der Waals surface area contributed by atoms with E-state index in [4.69, 9.17) is 0 Å². The predicted octanol–water partition coefficient (Wildman–Crippen LogP) is 2.78. The van der Waals surface area contributed by atoms with Crippen LogP contribution < -0.4 is 10.6 Å². The van der Waals surface area contributed by atoms with Gasteiger partial charge in [-0.1, -0.05) is 32.0 Å². The summed E-state index contributed by atoms with van der Waals surface area (Å²) in [6.45, 7) is 12.9. The van der Waals surface area contributed by atoms with Crippen molar-refractivity contribution in [2.75, 3.05) is 6.54 Å². The van der Waals surface area contributed by atoms with Crippen molar-refractivity contribution < 1.29 is 0 Å². The van der Waals surface area contributed by atoms with Gasteiger partial charge in [-0.3, -0.25) is 0 Å². The standard InChI is InChI=1S/C15H26N2/c1-11(2)16-9-14(5)17-10-15-12(3)7-6-8-13(15)4/h6-8,11,14,16-17H,9-10H2,1-5H3. The van der Waals surface area contributed by atoms with Gasteiger partial charge in [0.1, 0.15) is 0 Å².